The van der Waals surface area contributed by atoms with Gasteiger partial charge in [-0.25, -0.2) is 8.51 Å². The lowest BCUT2D eigenvalue weighted by Crippen LogP contribution is -2.61. The molecule has 2 saturated heterocycles. The highest BCUT2D eigenvalue weighted by atomic mass is 32.2. The quantitative estimate of drug-likeness (QED) is 0.763. The largest absolute Gasteiger partial charge is 0.297 e. The molecule has 2 fully saturated rings. The van der Waals surface area contributed by atoms with E-state index in [1.165, 1.54) is 12.0 Å². The van der Waals surface area contributed by atoms with E-state index in [1.807, 2.05) is 6.26 Å². The summed E-state index contributed by atoms with van der Waals surface area (Å²) in [7, 11) is -0.825. The van der Waals surface area contributed by atoms with Crippen LogP contribution in [0.15, 0.2) is 30.3 Å². The highest BCUT2D eigenvalue weighted by molar-refractivity contribution is 7.81. The Morgan fingerprint density at radius 3 is 2.15 bits per heavy atom. The van der Waals surface area contributed by atoms with Crippen LogP contribution in [0, 0.1) is 5.92 Å². The van der Waals surface area contributed by atoms with Crippen LogP contribution >= 0.6 is 0 Å². The van der Waals surface area contributed by atoms with Crippen LogP contribution in [0.1, 0.15) is 38.7 Å². The Balaban J connectivity index is 1.60. The summed E-state index contributed by atoms with van der Waals surface area (Å²) in [6.45, 7) is 12.3. The molecule has 0 amide bonds. The van der Waals surface area contributed by atoms with Gasteiger partial charge in [-0.1, -0.05) is 44.2 Å². The number of rotatable bonds is 6. The first-order valence-corrected chi connectivity index (χ1v) is 11.6. The van der Waals surface area contributed by atoms with E-state index in [1.54, 1.807) is 0 Å². The van der Waals surface area contributed by atoms with Gasteiger partial charge in [0.1, 0.15) is 0 Å². The molecule has 0 bridgehead atoms. The maximum Gasteiger partial charge on any atom is 0.0910 e. The Kier molecular flexibility index (Phi) is 6.89. The standard InChI is InChI=1S/C21H35N3OS/c1-19(2)17-21(9-11-24(12-10-21)26(3)25)23-15-13-22(14-16-23)18-20-7-5-4-6-8-20/h4-8,19H,9-18H2,1-3H3. The molecule has 2 aliphatic rings. The lowest BCUT2D eigenvalue weighted by molar-refractivity contribution is -0.0123. The van der Waals surface area contributed by atoms with Gasteiger partial charge in [0.25, 0.3) is 0 Å². The Hall–Kier alpha value is -0.750. The minimum Gasteiger partial charge on any atom is -0.297 e. The Bertz CT molecular complexity index is 576. The molecule has 0 aliphatic carbocycles. The normalized spacial score (nSPS) is 24.0. The van der Waals surface area contributed by atoms with E-state index in [0.29, 0.717) is 11.5 Å². The van der Waals surface area contributed by atoms with Crippen molar-refractivity contribution in [2.45, 2.75) is 45.2 Å². The zero-order chi connectivity index (χ0) is 18.6. The van der Waals surface area contributed by atoms with Crippen molar-refractivity contribution in [3.05, 3.63) is 35.9 Å². The van der Waals surface area contributed by atoms with Gasteiger partial charge in [0.05, 0.1) is 11.0 Å². The van der Waals surface area contributed by atoms with Crippen molar-refractivity contribution in [3.8, 4) is 0 Å². The number of piperazine rings is 1. The molecule has 1 aromatic rings. The fraction of sp³-hybridized carbons (Fsp3) is 0.714. The van der Waals surface area contributed by atoms with Crippen LogP contribution in [0.5, 0.6) is 0 Å². The van der Waals surface area contributed by atoms with Crippen molar-refractivity contribution < 1.29 is 4.21 Å². The van der Waals surface area contributed by atoms with Crippen LogP contribution in [0.3, 0.4) is 0 Å². The van der Waals surface area contributed by atoms with Crippen molar-refractivity contribution >= 4 is 11.0 Å². The van der Waals surface area contributed by atoms with Crippen molar-refractivity contribution in [2.24, 2.45) is 5.92 Å². The Labute approximate surface area is 162 Å². The van der Waals surface area contributed by atoms with Crippen molar-refractivity contribution in [3.63, 3.8) is 0 Å². The second-order valence-corrected chi connectivity index (χ2v) is 9.79. The molecule has 0 aromatic heterocycles. The second kappa shape index (κ2) is 8.96. The number of benzene rings is 1. The third kappa shape index (κ3) is 4.94. The van der Waals surface area contributed by atoms with Crippen molar-refractivity contribution in [1.29, 1.82) is 0 Å². The van der Waals surface area contributed by atoms with E-state index in [9.17, 15) is 4.21 Å². The summed E-state index contributed by atoms with van der Waals surface area (Å²) < 4.78 is 14.0. The summed E-state index contributed by atoms with van der Waals surface area (Å²) in [5, 5.41) is 0. The molecule has 146 valence electrons. The molecule has 26 heavy (non-hydrogen) atoms. The highest BCUT2D eigenvalue weighted by Gasteiger charge is 2.41. The van der Waals surface area contributed by atoms with E-state index in [4.69, 9.17) is 0 Å². The van der Waals surface area contributed by atoms with E-state index in [2.05, 4.69) is 58.3 Å². The van der Waals surface area contributed by atoms with Crippen LogP contribution in [0.4, 0.5) is 0 Å². The number of piperidine rings is 1. The lowest BCUT2D eigenvalue weighted by atomic mass is 9.79. The smallest absolute Gasteiger partial charge is 0.0910 e. The van der Waals surface area contributed by atoms with E-state index >= 15 is 0 Å². The van der Waals surface area contributed by atoms with Gasteiger partial charge in [-0.2, -0.15) is 0 Å². The van der Waals surface area contributed by atoms with Gasteiger partial charge < -0.3 is 0 Å². The average molecular weight is 378 g/mol. The Morgan fingerprint density at radius 1 is 1.00 bits per heavy atom. The van der Waals surface area contributed by atoms with Crippen LogP contribution < -0.4 is 0 Å². The average Bonchev–Trinajstić information content (AvgIpc) is 2.63. The summed E-state index contributed by atoms with van der Waals surface area (Å²) in [5.41, 5.74) is 1.72. The monoisotopic (exact) mass is 377 g/mol. The molecular weight excluding hydrogens is 342 g/mol. The molecule has 2 aliphatic heterocycles. The predicted octanol–water partition coefficient (Wildman–Crippen LogP) is 2.98. The first-order valence-electron chi connectivity index (χ1n) is 10.1. The number of hydrogen-bond acceptors (Lipinski definition) is 3. The maximum atomic E-state index is 11.8. The van der Waals surface area contributed by atoms with Crippen LogP contribution in [0.25, 0.3) is 0 Å². The topological polar surface area (TPSA) is 26.8 Å². The molecular formula is C21H35N3OS. The molecule has 0 saturated carbocycles. The Morgan fingerprint density at radius 2 is 1.62 bits per heavy atom. The second-order valence-electron chi connectivity index (χ2n) is 8.42. The summed E-state index contributed by atoms with van der Waals surface area (Å²) in [5.74, 6) is 0.705. The molecule has 5 heteroatoms. The van der Waals surface area contributed by atoms with Crippen molar-refractivity contribution in [2.75, 3.05) is 45.5 Å². The van der Waals surface area contributed by atoms with Gasteiger partial charge in [0, 0.05) is 57.6 Å². The SMILES string of the molecule is CC(C)CC1(N2CCN(Cc3ccccc3)CC2)CCN(S(C)=O)CC1. The van der Waals surface area contributed by atoms with E-state index in [0.717, 1.165) is 58.7 Å². The fourth-order valence-electron chi connectivity index (χ4n) is 4.79. The summed E-state index contributed by atoms with van der Waals surface area (Å²) >= 11 is 0. The summed E-state index contributed by atoms with van der Waals surface area (Å²) in [6, 6.07) is 10.8. The minimum atomic E-state index is -0.825. The van der Waals surface area contributed by atoms with Gasteiger partial charge >= 0.3 is 0 Å². The lowest BCUT2D eigenvalue weighted by Gasteiger charge is -2.52. The first kappa shape index (κ1) is 20.0. The molecule has 4 nitrogen and oxygen atoms in total. The predicted molar refractivity (Wildman–Crippen MR) is 110 cm³/mol. The van der Waals surface area contributed by atoms with Crippen LogP contribution in [-0.4, -0.2) is 69.4 Å². The molecule has 1 aromatic carbocycles. The van der Waals surface area contributed by atoms with Crippen LogP contribution in [0.2, 0.25) is 0 Å². The zero-order valence-corrected chi connectivity index (χ0v) is 17.5. The van der Waals surface area contributed by atoms with E-state index in [-0.39, 0.29) is 0 Å². The minimum absolute atomic E-state index is 0.308. The summed E-state index contributed by atoms with van der Waals surface area (Å²) in [6.07, 6.45) is 5.39. The van der Waals surface area contributed by atoms with Crippen LogP contribution in [-0.2, 0) is 17.5 Å². The number of nitrogens with zero attached hydrogens (tertiary/aromatic N) is 3. The highest BCUT2D eigenvalue weighted by Crippen LogP contribution is 2.36. The zero-order valence-electron chi connectivity index (χ0n) is 16.7. The molecule has 1 atom stereocenters. The molecule has 1 unspecified atom stereocenters. The van der Waals surface area contributed by atoms with E-state index < -0.39 is 11.0 Å². The summed E-state index contributed by atoms with van der Waals surface area (Å²) in [4.78, 5) is 5.36. The molecule has 2 heterocycles. The third-order valence-corrected chi connectivity index (χ3v) is 7.19. The van der Waals surface area contributed by atoms with Gasteiger partial charge in [-0.15, -0.1) is 0 Å². The number of hydrogen-bond donors (Lipinski definition) is 0. The molecule has 0 N–H and O–H groups in total. The van der Waals surface area contributed by atoms with Gasteiger partial charge in [0.2, 0.25) is 0 Å². The molecule has 3 rings (SSSR count). The molecule has 0 spiro atoms. The fourth-order valence-corrected chi connectivity index (χ4v) is 5.49. The van der Waals surface area contributed by atoms with Gasteiger partial charge in [-0.3, -0.25) is 9.80 Å². The van der Waals surface area contributed by atoms with Gasteiger partial charge in [-0.05, 0) is 30.7 Å². The molecule has 0 radical (unpaired) electrons. The third-order valence-electron chi connectivity index (χ3n) is 6.10. The van der Waals surface area contributed by atoms with Gasteiger partial charge in [0.15, 0.2) is 0 Å². The first-order chi connectivity index (χ1) is 12.5. The van der Waals surface area contributed by atoms with Crippen molar-refractivity contribution in [1.82, 2.24) is 14.1 Å². The maximum absolute atomic E-state index is 11.8.